The van der Waals surface area contributed by atoms with Crippen LogP contribution in [0.5, 0.6) is 0 Å². The quantitative estimate of drug-likeness (QED) is 0.352. The second-order valence-electron chi connectivity index (χ2n) is 11.3. The number of sulfonamides is 1. The van der Waals surface area contributed by atoms with E-state index in [1.54, 1.807) is 24.3 Å². The summed E-state index contributed by atoms with van der Waals surface area (Å²) in [6, 6.07) is 20.5. The number of hydrogen-bond acceptors (Lipinski definition) is 4. The number of nitrogens with one attached hydrogen (secondary N) is 1. The van der Waals surface area contributed by atoms with Crippen LogP contribution in [0.3, 0.4) is 0 Å². The van der Waals surface area contributed by atoms with Crippen molar-refractivity contribution < 1.29 is 18.0 Å². The molecular formula is C32H41N3O4S. The number of carbonyl (C=O) groups excluding carboxylic acids is 2. The monoisotopic (exact) mass is 563 g/mol. The molecule has 0 spiro atoms. The van der Waals surface area contributed by atoms with Crippen LogP contribution in [0.1, 0.15) is 56.4 Å². The maximum Gasteiger partial charge on any atom is 0.264 e. The van der Waals surface area contributed by atoms with E-state index in [1.807, 2.05) is 84.9 Å². The molecule has 2 amide bonds. The van der Waals surface area contributed by atoms with Gasteiger partial charge in [0.15, 0.2) is 0 Å². The zero-order chi connectivity index (χ0) is 29.7. The SMILES string of the molecule is CC[C@H](C(=O)NC(C)(C)C)N(Cc1cccc(C)c1)C(=O)CN(c1ccc(C)cc1C)S(=O)(=O)c1ccccc1. The lowest BCUT2D eigenvalue weighted by molar-refractivity contribution is -0.141. The van der Waals surface area contributed by atoms with E-state index in [0.717, 1.165) is 26.6 Å². The minimum absolute atomic E-state index is 0.0885. The number of hydrogen-bond donors (Lipinski definition) is 1. The lowest BCUT2D eigenvalue weighted by Crippen LogP contribution is -2.55. The summed E-state index contributed by atoms with van der Waals surface area (Å²) in [6.07, 6.45) is 0.370. The Morgan fingerprint density at radius 3 is 2.10 bits per heavy atom. The molecule has 0 aliphatic heterocycles. The highest BCUT2D eigenvalue weighted by atomic mass is 32.2. The smallest absolute Gasteiger partial charge is 0.264 e. The van der Waals surface area contributed by atoms with Gasteiger partial charge >= 0.3 is 0 Å². The Bertz CT molecular complexity index is 1450. The summed E-state index contributed by atoms with van der Waals surface area (Å²) in [6.45, 7) is 13.0. The summed E-state index contributed by atoms with van der Waals surface area (Å²) in [5, 5.41) is 2.99. The van der Waals surface area contributed by atoms with Crippen molar-refractivity contribution in [3.8, 4) is 0 Å². The van der Waals surface area contributed by atoms with Crippen molar-refractivity contribution >= 4 is 27.5 Å². The van der Waals surface area contributed by atoms with E-state index in [4.69, 9.17) is 0 Å². The lowest BCUT2D eigenvalue weighted by atomic mass is 10.0. The number of carbonyl (C=O) groups is 2. The van der Waals surface area contributed by atoms with Crippen LogP contribution in [0.4, 0.5) is 5.69 Å². The molecule has 1 N–H and O–H groups in total. The molecule has 0 bridgehead atoms. The van der Waals surface area contributed by atoms with Crippen molar-refractivity contribution in [1.82, 2.24) is 10.2 Å². The van der Waals surface area contributed by atoms with Gasteiger partial charge in [0.05, 0.1) is 10.6 Å². The summed E-state index contributed by atoms with van der Waals surface area (Å²) in [4.78, 5) is 29.2. The molecular weight excluding hydrogens is 522 g/mol. The first kappa shape index (κ1) is 30.9. The van der Waals surface area contributed by atoms with Crippen LogP contribution in [-0.2, 0) is 26.2 Å². The summed E-state index contributed by atoms with van der Waals surface area (Å²) in [5.41, 5.74) is 3.53. The summed E-state index contributed by atoms with van der Waals surface area (Å²) in [5.74, 6) is -0.739. The molecule has 0 unspecified atom stereocenters. The molecule has 0 fully saturated rings. The van der Waals surface area contributed by atoms with Gasteiger partial charge in [0.25, 0.3) is 10.0 Å². The normalized spacial score (nSPS) is 12.5. The zero-order valence-electron chi connectivity index (χ0n) is 24.6. The molecule has 0 aromatic heterocycles. The van der Waals surface area contributed by atoms with Crippen molar-refractivity contribution in [2.45, 2.75) is 77.9 Å². The zero-order valence-corrected chi connectivity index (χ0v) is 25.4. The second-order valence-corrected chi connectivity index (χ2v) is 13.2. The molecule has 214 valence electrons. The van der Waals surface area contributed by atoms with Gasteiger partial charge in [-0.15, -0.1) is 0 Å². The van der Waals surface area contributed by atoms with Gasteiger partial charge in [-0.1, -0.05) is 72.6 Å². The van der Waals surface area contributed by atoms with Crippen LogP contribution in [-0.4, -0.2) is 43.3 Å². The molecule has 0 heterocycles. The van der Waals surface area contributed by atoms with E-state index in [0.29, 0.717) is 12.1 Å². The van der Waals surface area contributed by atoms with E-state index in [1.165, 1.54) is 17.0 Å². The van der Waals surface area contributed by atoms with Crippen LogP contribution < -0.4 is 9.62 Å². The number of aryl methyl sites for hydroxylation is 3. The number of amides is 2. The van der Waals surface area contributed by atoms with E-state index in [9.17, 15) is 18.0 Å². The maximum absolute atomic E-state index is 14.2. The predicted molar refractivity (Wildman–Crippen MR) is 161 cm³/mol. The van der Waals surface area contributed by atoms with Gasteiger partial charge in [0.1, 0.15) is 12.6 Å². The van der Waals surface area contributed by atoms with Gasteiger partial charge in [-0.25, -0.2) is 8.42 Å². The van der Waals surface area contributed by atoms with Crippen LogP contribution in [0.15, 0.2) is 77.7 Å². The third kappa shape index (κ3) is 7.72. The van der Waals surface area contributed by atoms with Crippen LogP contribution in [0.25, 0.3) is 0 Å². The Kier molecular flexibility index (Phi) is 9.79. The third-order valence-electron chi connectivity index (χ3n) is 6.55. The maximum atomic E-state index is 14.2. The van der Waals surface area contributed by atoms with Gasteiger partial charge in [-0.05, 0) is 77.3 Å². The van der Waals surface area contributed by atoms with E-state index in [-0.39, 0.29) is 17.3 Å². The van der Waals surface area contributed by atoms with Gasteiger partial charge in [0, 0.05) is 12.1 Å². The molecule has 0 saturated heterocycles. The molecule has 0 radical (unpaired) electrons. The minimum Gasteiger partial charge on any atom is -0.350 e. The Hall–Kier alpha value is -3.65. The third-order valence-corrected chi connectivity index (χ3v) is 8.32. The molecule has 7 nitrogen and oxygen atoms in total. The number of nitrogens with zero attached hydrogens (tertiary/aromatic N) is 2. The fraction of sp³-hybridized carbons (Fsp3) is 0.375. The number of rotatable bonds is 10. The molecule has 3 rings (SSSR count). The molecule has 0 saturated carbocycles. The fourth-order valence-corrected chi connectivity index (χ4v) is 6.20. The summed E-state index contributed by atoms with van der Waals surface area (Å²) in [7, 11) is -4.09. The van der Waals surface area contributed by atoms with Crippen LogP contribution in [0.2, 0.25) is 0 Å². The fourth-order valence-electron chi connectivity index (χ4n) is 4.70. The molecule has 0 aliphatic carbocycles. The topological polar surface area (TPSA) is 86.8 Å². The highest BCUT2D eigenvalue weighted by Gasteiger charge is 2.35. The van der Waals surface area contributed by atoms with Crippen molar-refractivity contribution in [2.24, 2.45) is 0 Å². The predicted octanol–water partition coefficient (Wildman–Crippen LogP) is 5.53. The van der Waals surface area contributed by atoms with Crippen molar-refractivity contribution in [1.29, 1.82) is 0 Å². The molecule has 1 atom stereocenters. The van der Waals surface area contributed by atoms with Gasteiger partial charge in [-0.3, -0.25) is 13.9 Å². The van der Waals surface area contributed by atoms with Gasteiger partial charge in [-0.2, -0.15) is 0 Å². The first-order valence-corrected chi connectivity index (χ1v) is 15.0. The van der Waals surface area contributed by atoms with Crippen LogP contribution in [0, 0.1) is 20.8 Å². The molecule has 8 heteroatoms. The average Bonchev–Trinajstić information content (AvgIpc) is 2.87. The highest BCUT2D eigenvalue weighted by molar-refractivity contribution is 7.92. The molecule has 40 heavy (non-hydrogen) atoms. The van der Waals surface area contributed by atoms with Crippen molar-refractivity contribution in [2.75, 3.05) is 10.8 Å². The summed E-state index contributed by atoms with van der Waals surface area (Å²) >= 11 is 0. The van der Waals surface area contributed by atoms with Crippen LogP contribution >= 0.6 is 0 Å². The van der Waals surface area contributed by atoms with Gasteiger partial charge < -0.3 is 10.2 Å². The first-order valence-electron chi connectivity index (χ1n) is 13.5. The lowest BCUT2D eigenvalue weighted by Gasteiger charge is -2.35. The van der Waals surface area contributed by atoms with E-state index >= 15 is 0 Å². The summed E-state index contributed by atoms with van der Waals surface area (Å²) < 4.78 is 29.1. The average molecular weight is 564 g/mol. The standard InChI is InChI=1S/C32H41N3O4S/c1-8-28(31(37)33-32(5,6)7)34(21-26-14-12-13-23(2)20-26)30(36)22-35(29-18-17-24(3)19-25(29)4)40(38,39)27-15-10-9-11-16-27/h9-20,28H,8,21-22H2,1-7H3,(H,33,37)/t28-/m1/s1. The number of benzene rings is 3. The highest BCUT2D eigenvalue weighted by Crippen LogP contribution is 2.28. The van der Waals surface area contributed by atoms with Gasteiger partial charge in [0.2, 0.25) is 11.8 Å². The van der Waals surface area contributed by atoms with E-state index in [2.05, 4.69) is 5.32 Å². The molecule has 3 aromatic rings. The molecule has 3 aromatic carbocycles. The first-order chi connectivity index (χ1) is 18.7. The minimum atomic E-state index is -4.09. The van der Waals surface area contributed by atoms with Crippen molar-refractivity contribution in [3.05, 3.63) is 95.1 Å². The Morgan fingerprint density at radius 1 is 0.875 bits per heavy atom. The Balaban J connectivity index is 2.10. The van der Waals surface area contributed by atoms with Crippen molar-refractivity contribution in [3.63, 3.8) is 0 Å². The Morgan fingerprint density at radius 2 is 1.52 bits per heavy atom. The largest absolute Gasteiger partial charge is 0.350 e. The van der Waals surface area contributed by atoms with E-state index < -0.39 is 34.1 Å². The molecule has 0 aliphatic rings. The Labute approximate surface area is 239 Å². The number of anilines is 1. The second kappa shape index (κ2) is 12.7.